The van der Waals surface area contributed by atoms with Crippen LogP contribution in [0.15, 0.2) is 91.1 Å². The van der Waals surface area contributed by atoms with Gasteiger partial charge < -0.3 is 4.42 Å². The van der Waals surface area contributed by atoms with Crippen molar-refractivity contribution in [3.05, 3.63) is 103 Å². The molecule has 0 radical (unpaired) electrons. The fourth-order valence-corrected chi connectivity index (χ4v) is 3.81. The maximum atomic E-state index is 10.8. The lowest BCUT2D eigenvalue weighted by atomic mass is 10.2. The number of rotatable bonds is 6. The van der Waals surface area contributed by atoms with Crippen molar-refractivity contribution in [3.63, 3.8) is 0 Å². The number of halogens is 1. The summed E-state index contributed by atoms with van der Waals surface area (Å²) in [7, 11) is 0. The standard InChI is InChI=1S/C21H15BrN4O3S/c22-17-8-6-16(7-9-17)19-14-30-21(23-12-15-4-2-1-3-5-15)25(19)24-13-18-10-11-20(29-18)26(27)28/h1-11,13-14H,12H2. The van der Waals surface area contributed by atoms with Crippen molar-refractivity contribution >= 4 is 39.4 Å². The number of nitro groups is 1. The average Bonchev–Trinajstić information content (AvgIpc) is 3.39. The number of hydrogen-bond donors (Lipinski definition) is 0. The zero-order valence-corrected chi connectivity index (χ0v) is 17.9. The van der Waals surface area contributed by atoms with Gasteiger partial charge in [0.15, 0.2) is 5.76 Å². The maximum Gasteiger partial charge on any atom is 0.433 e. The molecule has 4 rings (SSSR count). The Balaban J connectivity index is 1.73. The van der Waals surface area contributed by atoms with Crippen molar-refractivity contribution in [2.24, 2.45) is 10.1 Å². The third-order valence-corrected chi connectivity index (χ3v) is 5.54. The summed E-state index contributed by atoms with van der Waals surface area (Å²) in [4.78, 5) is 15.7. The van der Waals surface area contributed by atoms with Gasteiger partial charge in [0.2, 0.25) is 4.80 Å². The Hall–Kier alpha value is -3.30. The second-order valence-corrected chi connectivity index (χ2v) is 7.95. The lowest BCUT2D eigenvalue weighted by Crippen LogP contribution is -2.12. The number of thiazole rings is 1. The van der Waals surface area contributed by atoms with Gasteiger partial charge in [-0.3, -0.25) is 15.1 Å². The van der Waals surface area contributed by atoms with Crippen molar-refractivity contribution < 1.29 is 9.34 Å². The van der Waals surface area contributed by atoms with Gasteiger partial charge in [-0.1, -0.05) is 58.4 Å². The summed E-state index contributed by atoms with van der Waals surface area (Å²) in [6.45, 7) is 0.517. The van der Waals surface area contributed by atoms with E-state index >= 15 is 0 Å². The summed E-state index contributed by atoms with van der Waals surface area (Å²) < 4.78 is 7.87. The van der Waals surface area contributed by atoms with Crippen LogP contribution >= 0.6 is 27.3 Å². The highest BCUT2D eigenvalue weighted by Crippen LogP contribution is 2.23. The van der Waals surface area contributed by atoms with Crippen LogP contribution in [0.1, 0.15) is 11.3 Å². The van der Waals surface area contributed by atoms with E-state index in [1.165, 1.54) is 29.7 Å². The third kappa shape index (κ3) is 4.64. The minimum absolute atomic E-state index is 0.288. The normalized spacial score (nSPS) is 12.0. The predicted molar refractivity (Wildman–Crippen MR) is 120 cm³/mol. The highest BCUT2D eigenvalue weighted by Gasteiger charge is 2.11. The van der Waals surface area contributed by atoms with E-state index in [4.69, 9.17) is 9.41 Å². The average molecular weight is 483 g/mol. The van der Waals surface area contributed by atoms with Gasteiger partial charge in [0, 0.05) is 15.4 Å². The van der Waals surface area contributed by atoms with Crippen LogP contribution in [0, 0.1) is 10.1 Å². The number of nitrogens with zero attached hydrogens (tertiary/aromatic N) is 4. The van der Waals surface area contributed by atoms with Crippen molar-refractivity contribution in [3.8, 4) is 11.3 Å². The van der Waals surface area contributed by atoms with Crippen molar-refractivity contribution in [1.29, 1.82) is 0 Å². The van der Waals surface area contributed by atoms with E-state index in [1.54, 1.807) is 4.68 Å². The van der Waals surface area contributed by atoms with Crippen LogP contribution in [0.4, 0.5) is 5.88 Å². The smallest absolute Gasteiger partial charge is 0.400 e. The molecule has 0 saturated heterocycles. The molecule has 7 nitrogen and oxygen atoms in total. The molecule has 9 heteroatoms. The Kier molecular flexibility index (Phi) is 6.01. The molecule has 150 valence electrons. The predicted octanol–water partition coefficient (Wildman–Crippen LogP) is 5.46. The molecule has 0 saturated carbocycles. The molecule has 2 aromatic carbocycles. The first-order chi connectivity index (χ1) is 14.6. The highest BCUT2D eigenvalue weighted by molar-refractivity contribution is 9.10. The van der Waals surface area contributed by atoms with E-state index in [0.717, 1.165) is 21.3 Å². The van der Waals surface area contributed by atoms with Crippen LogP contribution < -0.4 is 4.80 Å². The van der Waals surface area contributed by atoms with Crippen LogP contribution in [-0.2, 0) is 6.54 Å². The largest absolute Gasteiger partial charge is 0.433 e. The zero-order valence-electron chi connectivity index (χ0n) is 15.5. The lowest BCUT2D eigenvalue weighted by Gasteiger charge is -2.03. The Morgan fingerprint density at radius 1 is 1.10 bits per heavy atom. The molecule has 0 bridgehead atoms. The summed E-state index contributed by atoms with van der Waals surface area (Å²) in [6.07, 6.45) is 1.45. The molecule has 0 spiro atoms. The molecular weight excluding hydrogens is 468 g/mol. The van der Waals surface area contributed by atoms with Gasteiger partial charge in [0.1, 0.15) is 4.92 Å². The molecule has 2 aromatic heterocycles. The number of furan rings is 1. The molecule has 0 aliphatic rings. The fraction of sp³-hybridized carbons (Fsp3) is 0.0476. The van der Waals surface area contributed by atoms with Crippen LogP contribution in [0.3, 0.4) is 0 Å². The monoisotopic (exact) mass is 482 g/mol. The molecule has 0 amide bonds. The molecule has 4 aromatic rings. The van der Waals surface area contributed by atoms with E-state index in [0.29, 0.717) is 11.3 Å². The van der Waals surface area contributed by atoms with Gasteiger partial charge in [-0.05, 0) is 23.8 Å². The molecular formula is C21H15BrN4O3S. The van der Waals surface area contributed by atoms with Gasteiger partial charge in [0.25, 0.3) is 0 Å². The van der Waals surface area contributed by atoms with E-state index in [9.17, 15) is 10.1 Å². The van der Waals surface area contributed by atoms with Crippen LogP contribution in [0.5, 0.6) is 0 Å². The summed E-state index contributed by atoms with van der Waals surface area (Å²) in [5.41, 5.74) is 2.92. The van der Waals surface area contributed by atoms with Crippen molar-refractivity contribution in [2.75, 3.05) is 0 Å². The number of benzene rings is 2. The lowest BCUT2D eigenvalue weighted by molar-refractivity contribution is -0.402. The Morgan fingerprint density at radius 3 is 2.57 bits per heavy atom. The van der Waals surface area contributed by atoms with Gasteiger partial charge in [-0.2, -0.15) is 5.10 Å². The van der Waals surface area contributed by atoms with Gasteiger partial charge in [-0.15, -0.1) is 11.3 Å². The number of hydrogen-bond acceptors (Lipinski definition) is 6. The van der Waals surface area contributed by atoms with Crippen LogP contribution in [0.2, 0.25) is 0 Å². The molecule has 0 aliphatic heterocycles. The SMILES string of the molecule is O=[N+]([O-])c1ccc(C=Nn2c(-c3ccc(Br)cc3)csc2=NCc2ccccc2)o1. The molecule has 0 aliphatic carbocycles. The molecule has 2 heterocycles. The first kappa shape index (κ1) is 20.0. The van der Waals surface area contributed by atoms with E-state index in [-0.39, 0.29) is 11.6 Å². The minimum Gasteiger partial charge on any atom is -0.400 e. The van der Waals surface area contributed by atoms with Gasteiger partial charge in [-0.25, -0.2) is 4.68 Å². The summed E-state index contributed by atoms with van der Waals surface area (Å²) in [6, 6.07) is 20.6. The van der Waals surface area contributed by atoms with E-state index < -0.39 is 4.92 Å². The molecule has 0 fully saturated rings. The first-order valence-electron chi connectivity index (χ1n) is 8.89. The Morgan fingerprint density at radius 2 is 1.87 bits per heavy atom. The topological polar surface area (TPSA) is 85.9 Å². The summed E-state index contributed by atoms with van der Waals surface area (Å²) in [5.74, 6) is -0.0370. The Labute approximate surface area is 183 Å². The number of aromatic nitrogens is 1. The molecule has 30 heavy (non-hydrogen) atoms. The summed E-state index contributed by atoms with van der Waals surface area (Å²) >= 11 is 4.92. The Bertz CT molecular complexity index is 1260. The van der Waals surface area contributed by atoms with Crippen molar-refractivity contribution in [2.45, 2.75) is 6.54 Å². The van der Waals surface area contributed by atoms with Crippen LogP contribution in [0.25, 0.3) is 11.3 Å². The fourth-order valence-electron chi connectivity index (χ4n) is 2.70. The third-order valence-electron chi connectivity index (χ3n) is 4.16. The van der Waals surface area contributed by atoms with Gasteiger partial charge >= 0.3 is 5.88 Å². The molecule has 0 atom stereocenters. The summed E-state index contributed by atoms with van der Waals surface area (Å²) in [5, 5.41) is 17.3. The van der Waals surface area contributed by atoms with Crippen molar-refractivity contribution in [1.82, 2.24) is 4.68 Å². The maximum absolute atomic E-state index is 10.8. The zero-order chi connectivity index (χ0) is 20.9. The second kappa shape index (κ2) is 9.02. The second-order valence-electron chi connectivity index (χ2n) is 6.20. The minimum atomic E-state index is -0.580. The highest BCUT2D eigenvalue weighted by atomic mass is 79.9. The molecule has 0 N–H and O–H groups in total. The van der Waals surface area contributed by atoms with Crippen LogP contribution in [-0.4, -0.2) is 15.8 Å². The van der Waals surface area contributed by atoms with E-state index in [2.05, 4.69) is 21.0 Å². The molecule has 0 unspecified atom stereocenters. The first-order valence-corrected chi connectivity index (χ1v) is 10.6. The van der Waals surface area contributed by atoms with Gasteiger partial charge in [0.05, 0.1) is 24.5 Å². The quantitative estimate of drug-likeness (QED) is 0.207. The van der Waals surface area contributed by atoms with E-state index in [1.807, 2.05) is 60.0 Å².